The second kappa shape index (κ2) is 6.22. The van der Waals surface area contributed by atoms with Crippen molar-refractivity contribution in [2.75, 3.05) is 20.6 Å². The van der Waals surface area contributed by atoms with Gasteiger partial charge in [0.2, 0.25) is 0 Å². The van der Waals surface area contributed by atoms with Crippen LogP contribution in [0.5, 0.6) is 0 Å². The molecule has 1 aromatic heterocycles. The topological polar surface area (TPSA) is 29.0 Å². The number of aryl methyl sites for hydroxylation is 1. The smallest absolute Gasteiger partial charge is 0.0481 e. The molecule has 0 radical (unpaired) electrons. The van der Waals surface area contributed by atoms with Crippen LogP contribution in [0.4, 0.5) is 0 Å². The second-order valence-electron chi connectivity index (χ2n) is 5.20. The molecule has 0 fully saturated rings. The minimum atomic E-state index is 0.392. The summed E-state index contributed by atoms with van der Waals surface area (Å²) < 4.78 is 2.22. The number of hydrogen-bond acceptors (Lipinski definition) is 2. The maximum absolute atomic E-state index is 3.51. The van der Waals surface area contributed by atoms with E-state index in [2.05, 4.69) is 66.7 Å². The zero-order valence-corrected chi connectivity index (χ0v) is 12.4. The van der Waals surface area contributed by atoms with Gasteiger partial charge in [0.15, 0.2) is 0 Å². The summed E-state index contributed by atoms with van der Waals surface area (Å²) in [7, 11) is 6.21. The number of nitrogens with zero attached hydrogens (tertiary/aromatic N) is 1. The fraction of sp³-hybridized carbons (Fsp3) is 0.500. The van der Waals surface area contributed by atoms with Crippen molar-refractivity contribution in [1.29, 1.82) is 0 Å². The number of benzene rings is 1. The molecule has 0 aliphatic rings. The van der Waals surface area contributed by atoms with Crippen LogP contribution in [0.3, 0.4) is 0 Å². The summed E-state index contributed by atoms with van der Waals surface area (Å²) in [4.78, 5) is 0. The quantitative estimate of drug-likeness (QED) is 0.835. The van der Waals surface area contributed by atoms with Gasteiger partial charge in [-0.1, -0.05) is 31.5 Å². The summed E-state index contributed by atoms with van der Waals surface area (Å²) in [6, 6.07) is 9.03. The monoisotopic (exact) mass is 259 g/mol. The maximum Gasteiger partial charge on any atom is 0.0481 e. The minimum Gasteiger partial charge on any atom is -0.350 e. The number of hydrogen-bond donors (Lipinski definition) is 2. The molecule has 2 aromatic rings. The van der Waals surface area contributed by atoms with E-state index in [4.69, 9.17) is 0 Å². The molecule has 104 valence electrons. The van der Waals surface area contributed by atoms with E-state index in [1.165, 1.54) is 16.5 Å². The molecule has 19 heavy (non-hydrogen) atoms. The zero-order chi connectivity index (χ0) is 13.8. The number of aromatic nitrogens is 1. The number of nitrogens with one attached hydrogen (secondary N) is 2. The van der Waals surface area contributed by atoms with E-state index in [1.807, 2.05) is 7.05 Å². The van der Waals surface area contributed by atoms with Crippen molar-refractivity contribution in [2.45, 2.75) is 19.4 Å². The van der Waals surface area contributed by atoms with E-state index in [9.17, 15) is 0 Å². The lowest BCUT2D eigenvalue weighted by molar-refractivity contribution is 0.361. The summed E-state index contributed by atoms with van der Waals surface area (Å²) in [5, 5.41) is 8.18. The van der Waals surface area contributed by atoms with Crippen molar-refractivity contribution >= 4 is 10.9 Å². The third-order valence-corrected chi connectivity index (χ3v) is 4.04. The Kier molecular flexibility index (Phi) is 4.61. The van der Waals surface area contributed by atoms with Crippen molar-refractivity contribution in [3.05, 3.63) is 36.0 Å². The molecule has 2 unspecified atom stereocenters. The molecular formula is C16H25N3. The van der Waals surface area contributed by atoms with Crippen LogP contribution in [-0.4, -0.2) is 25.2 Å². The molecule has 2 rings (SSSR count). The Bertz CT molecular complexity index is 530. The van der Waals surface area contributed by atoms with Crippen LogP contribution in [0, 0.1) is 5.92 Å². The van der Waals surface area contributed by atoms with Crippen LogP contribution in [0.2, 0.25) is 0 Å². The molecule has 2 atom stereocenters. The van der Waals surface area contributed by atoms with Crippen LogP contribution in [-0.2, 0) is 7.05 Å². The van der Waals surface area contributed by atoms with E-state index >= 15 is 0 Å². The largest absolute Gasteiger partial charge is 0.350 e. The Balaban J connectivity index is 2.45. The third kappa shape index (κ3) is 2.67. The molecular weight excluding hydrogens is 234 g/mol. The van der Waals surface area contributed by atoms with Gasteiger partial charge in [-0.25, -0.2) is 0 Å². The van der Waals surface area contributed by atoms with Gasteiger partial charge in [0.05, 0.1) is 0 Å². The Labute approximate surface area is 116 Å². The highest BCUT2D eigenvalue weighted by molar-refractivity contribution is 5.84. The first-order chi connectivity index (χ1) is 9.22. The summed E-state index contributed by atoms with van der Waals surface area (Å²) in [6.07, 6.45) is 3.43. The van der Waals surface area contributed by atoms with Crippen LogP contribution in [0.25, 0.3) is 10.9 Å². The average molecular weight is 259 g/mol. The molecule has 0 amide bonds. The third-order valence-electron chi connectivity index (χ3n) is 4.04. The molecule has 3 heteroatoms. The van der Waals surface area contributed by atoms with Gasteiger partial charge in [0.1, 0.15) is 0 Å². The molecule has 0 bridgehead atoms. The molecule has 1 aromatic carbocycles. The van der Waals surface area contributed by atoms with Crippen LogP contribution < -0.4 is 10.6 Å². The first-order valence-corrected chi connectivity index (χ1v) is 7.08. The highest BCUT2D eigenvalue weighted by atomic mass is 15.0. The molecule has 0 saturated carbocycles. The maximum atomic E-state index is 3.51. The Morgan fingerprint density at radius 3 is 2.58 bits per heavy atom. The van der Waals surface area contributed by atoms with Gasteiger partial charge < -0.3 is 15.2 Å². The molecule has 2 N–H and O–H groups in total. The van der Waals surface area contributed by atoms with Gasteiger partial charge in [-0.05, 0) is 38.2 Å². The minimum absolute atomic E-state index is 0.392. The van der Waals surface area contributed by atoms with Gasteiger partial charge in [0, 0.05) is 30.2 Å². The Morgan fingerprint density at radius 1 is 1.21 bits per heavy atom. The highest BCUT2D eigenvalue weighted by Gasteiger charge is 2.22. The van der Waals surface area contributed by atoms with Gasteiger partial charge in [0.25, 0.3) is 0 Å². The summed E-state index contributed by atoms with van der Waals surface area (Å²) in [6.45, 7) is 3.29. The van der Waals surface area contributed by atoms with Gasteiger partial charge >= 0.3 is 0 Å². The molecule has 0 aliphatic carbocycles. The van der Waals surface area contributed by atoms with E-state index in [0.717, 1.165) is 13.0 Å². The first-order valence-electron chi connectivity index (χ1n) is 7.08. The fourth-order valence-corrected chi connectivity index (χ4v) is 3.03. The van der Waals surface area contributed by atoms with Crippen LogP contribution in [0.15, 0.2) is 30.5 Å². The van der Waals surface area contributed by atoms with Gasteiger partial charge in [-0.3, -0.25) is 0 Å². The highest BCUT2D eigenvalue weighted by Crippen LogP contribution is 2.31. The summed E-state index contributed by atoms with van der Waals surface area (Å²) >= 11 is 0. The molecule has 0 spiro atoms. The Hall–Kier alpha value is -1.32. The predicted octanol–water partition coefficient (Wildman–Crippen LogP) is 2.68. The van der Waals surface area contributed by atoms with E-state index < -0.39 is 0 Å². The lowest BCUT2D eigenvalue weighted by Crippen LogP contribution is -2.31. The number of para-hydroxylation sites is 1. The van der Waals surface area contributed by atoms with E-state index in [1.54, 1.807) is 0 Å². The van der Waals surface area contributed by atoms with Crippen molar-refractivity contribution in [2.24, 2.45) is 13.0 Å². The Morgan fingerprint density at radius 2 is 1.95 bits per heavy atom. The average Bonchev–Trinajstić information content (AvgIpc) is 2.77. The fourth-order valence-electron chi connectivity index (χ4n) is 3.03. The van der Waals surface area contributed by atoms with E-state index in [0.29, 0.717) is 12.0 Å². The van der Waals surface area contributed by atoms with Crippen molar-refractivity contribution in [1.82, 2.24) is 15.2 Å². The van der Waals surface area contributed by atoms with Crippen molar-refractivity contribution in [3.8, 4) is 0 Å². The standard InChI is InChI=1S/C16H25N3/c1-5-12(10-17-2)16(18-3)14-11-19(4)15-9-7-6-8-13(14)15/h6-9,11-12,16-18H,5,10H2,1-4H3. The van der Waals surface area contributed by atoms with Gasteiger partial charge in [-0.2, -0.15) is 0 Å². The summed E-state index contributed by atoms with van der Waals surface area (Å²) in [5.74, 6) is 0.598. The number of fused-ring (bicyclic) bond motifs is 1. The molecule has 3 nitrogen and oxygen atoms in total. The predicted molar refractivity (Wildman–Crippen MR) is 82.4 cm³/mol. The second-order valence-corrected chi connectivity index (χ2v) is 5.20. The van der Waals surface area contributed by atoms with E-state index in [-0.39, 0.29) is 0 Å². The lowest BCUT2D eigenvalue weighted by atomic mass is 9.90. The normalized spacial score (nSPS) is 14.7. The summed E-state index contributed by atoms with van der Waals surface area (Å²) in [5.41, 5.74) is 2.71. The van der Waals surface area contributed by atoms with Crippen LogP contribution >= 0.6 is 0 Å². The number of rotatable bonds is 6. The molecule has 1 heterocycles. The lowest BCUT2D eigenvalue weighted by Gasteiger charge is -2.25. The van der Waals surface area contributed by atoms with Crippen LogP contribution in [0.1, 0.15) is 24.9 Å². The molecule has 0 saturated heterocycles. The molecule has 0 aliphatic heterocycles. The zero-order valence-electron chi connectivity index (χ0n) is 12.4. The SMILES string of the molecule is CCC(CNC)C(NC)c1cn(C)c2ccccc12. The van der Waals surface area contributed by atoms with Crippen molar-refractivity contribution < 1.29 is 0 Å². The van der Waals surface area contributed by atoms with Crippen molar-refractivity contribution in [3.63, 3.8) is 0 Å². The van der Waals surface area contributed by atoms with Gasteiger partial charge in [-0.15, -0.1) is 0 Å². The first kappa shape index (κ1) is 14.1.